The van der Waals surface area contributed by atoms with E-state index in [9.17, 15) is 4.79 Å². The molecule has 2 aliphatic heterocycles. The lowest BCUT2D eigenvalue weighted by Gasteiger charge is -2.35. The van der Waals surface area contributed by atoms with Crippen LogP contribution in [0, 0.1) is 5.41 Å². The van der Waals surface area contributed by atoms with Crippen molar-refractivity contribution in [1.82, 2.24) is 25.2 Å². The van der Waals surface area contributed by atoms with Crippen LogP contribution in [0.3, 0.4) is 0 Å². The fourth-order valence-corrected chi connectivity index (χ4v) is 5.07. The number of ether oxygens (including phenoxy) is 1. The van der Waals surface area contributed by atoms with E-state index < -0.39 is 0 Å². The molecule has 0 saturated carbocycles. The highest BCUT2D eigenvalue weighted by molar-refractivity contribution is 5.84. The number of aromatic nitrogens is 3. The number of aromatic amines is 1. The van der Waals surface area contributed by atoms with Gasteiger partial charge in [0, 0.05) is 55.7 Å². The molecule has 4 rings (SSSR count). The average molecular weight is 476 g/mol. The van der Waals surface area contributed by atoms with Crippen LogP contribution in [0.5, 0.6) is 5.88 Å². The van der Waals surface area contributed by atoms with Gasteiger partial charge in [-0.1, -0.05) is 13.0 Å². The number of imidazole rings is 1. The molecule has 2 aromatic heterocycles. The monoisotopic (exact) mass is 475 g/mol. The van der Waals surface area contributed by atoms with Crippen LogP contribution in [0.2, 0.25) is 0 Å². The number of nitrogens with one attached hydrogen (secondary N) is 2. The van der Waals surface area contributed by atoms with Crippen molar-refractivity contribution in [2.75, 3.05) is 13.7 Å². The Hall–Kier alpha value is -3.47. The van der Waals surface area contributed by atoms with Crippen LogP contribution in [0.25, 0.3) is 0 Å². The topological polar surface area (TPSA) is 158 Å². The molecule has 2 aromatic rings. The molecule has 3 atom stereocenters. The second-order valence-electron chi connectivity index (χ2n) is 8.14. The predicted molar refractivity (Wildman–Crippen MR) is 123 cm³/mol. The van der Waals surface area contributed by atoms with Crippen molar-refractivity contribution in [3.63, 3.8) is 0 Å². The molecule has 4 heterocycles. The zero-order chi connectivity index (χ0) is 25.0. The van der Waals surface area contributed by atoms with Gasteiger partial charge in [-0.05, 0) is 31.2 Å². The molecule has 2 fully saturated rings. The lowest BCUT2D eigenvalue weighted by molar-refractivity contribution is -0.133. The Morgan fingerprint density at radius 3 is 2.59 bits per heavy atom. The molecular formula is C23H33N5O6. The Kier molecular flexibility index (Phi) is 10.5. The molecule has 11 heteroatoms. The lowest BCUT2D eigenvalue weighted by Crippen LogP contribution is -2.49. The summed E-state index contributed by atoms with van der Waals surface area (Å²) in [6.07, 6.45) is 10.2. The highest BCUT2D eigenvalue weighted by atomic mass is 16.5. The van der Waals surface area contributed by atoms with E-state index in [0.29, 0.717) is 24.5 Å². The van der Waals surface area contributed by atoms with Crippen LogP contribution in [-0.2, 0) is 27.3 Å². The number of carbonyl (C=O) groups is 3. The van der Waals surface area contributed by atoms with Crippen molar-refractivity contribution < 1.29 is 29.3 Å². The predicted octanol–water partition coefficient (Wildman–Crippen LogP) is 1.71. The number of methoxy groups -OCH3 is 1. The largest absolute Gasteiger partial charge is 0.483 e. The van der Waals surface area contributed by atoms with Gasteiger partial charge < -0.3 is 25.3 Å². The van der Waals surface area contributed by atoms with E-state index in [4.69, 9.17) is 24.5 Å². The van der Waals surface area contributed by atoms with Gasteiger partial charge in [-0.2, -0.15) is 0 Å². The van der Waals surface area contributed by atoms with Crippen molar-refractivity contribution in [2.45, 2.75) is 57.7 Å². The fraction of sp³-hybridized carbons (Fsp3) is 0.522. The minimum atomic E-state index is -0.281. The summed E-state index contributed by atoms with van der Waals surface area (Å²) in [7, 11) is 1.63. The van der Waals surface area contributed by atoms with Gasteiger partial charge in [-0.15, -0.1) is 0 Å². The van der Waals surface area contributed by atoms with Crippen LogP contribution in [-0.4, -0.2) is 74.7 Å². The third-order valence-corrected chi connectivity index (χ3v) is 6.57. The van der Waals surface area contributed by atoms with Gasteiger partial charge in [0.25, 0.3) is 12.9 Å². The van der Waals surface area contributed by atoms with Gasteiger partial charge in [0.15, 0.2) is 0 Å². The van der Waals surface area contributed by atoms with E-state index in [2.05, 4.69) is 38.2 Å². The summed E-state index contributed by atoms with van der Waals surface area (Å²) in [6, 6.07) is 4.76. The summed E-state index contributed by atoms with van der Waals surface area (Å²) in [5, 5.41) is 17.0. The van der Waals surface area contributed by atoms with Crippen LogP contribution >= 0.6 is 0 Å². The van der Waals surface area contributed by atoms with Gasteiger partial charge in [0.2, 0.25) is 11.8 Å². The van der Waals surface area contributed by atoms with E-state index in [1.165, 1.54) is 12.0 Å². The van der Waals surface area contributed by atoms with E-state index in [0.717, 1.165) is 37.9 Å². The summed E-state index contributed by atoms with van der Waals surface area (Å²) >= 11 is 0. The molecule has 34 heavy (non-hydrogen) atoms. The second-order valence-corrected chi connectivity index (χ2v) is 8.14. The molecular weight excluding hydrogens is 442 g/mol. The maximum absolute atomic E-state index is 13.2. The zero-order valence-electron chi connectivity index (χ0n) is 19.5. The maximum Gasteiger partial charge on any atom is 0.290 e. The first kappa shape index (κ1) is 26.8. The van der Waals surface area contributed by atoms with Crippen LogP contribution in [0.1, 0.15) is 43.9 Å². The van der Waals surface area contributed by atoms with Gasteiger partial charge in [-0.25, -0.2) is 9.97 Å². The van der Waals surface area contributed by atoms with Crippen LogP contribution in [0.15, 0.2) is 30.9 Å². The standard InChI is InChI=1S/C21H29N5O2.2CH2O2/c1-3-21(20(27)23-9-8-16-12-22-14-25-16)10-17-5-6-18(21)26(17)13-15-4-7-19(28-2)24-11-15;2*2-1-3/h4,7,11-12,14,17-18H,3,5-6,8-10,13H2,1-2H3,(H,22,25)(H,23,27);2*1H,(H,2,3)/t17-,18+,21+;;/m0../s1. The van der Waals surface area contributed by atoms with Crippen molar-refractivity contribution in [3.8, 4) is 5.88 Å². The molecule has 0 spiro atoms. The van der Waals surface area contributed by atoms with Gasteiger partial charge in [-0.3, -0.25) is 19.3 Å². The summed E-state index contributed by atoms with van der Waals surface area (Å²) < 4.78 is 5.16. The quantitative estimate of drug-likeness (QED) is 0.417. The first-order valence-electron chi connectivity index (χ1n) is 11.2. The molecule has 0 aliphatic carbocycles. The zero-order valence-corrected chi connectivity index (χ0v) is 19.5. The summed E-state index contributed by atoms with van der Waals surface area (Å²) in [5.74, 6) is 0.840. The highest BCUT2D eigenvalue weighted by Crippen LogP contribution is 2.52. The smallest absolute Gasteiger partial charge is 0.290 e. The normalized spacial score (nSPS) is 22.5. The molecule has 11 nitrogen and oxygen atoms in total. The Labute approximate surface area is 198 Å². The van der Waals surface area contributed by atoms with Crippen molar-refractivity contribution in [2.24, 2.45) is 5.41 Å². The minimum Gasteiger partial charge on any atom is -0.483 e. The van der Waals surface area contributed by atoms with Gasteiger partial charge in [0.1, 0.15) is 0 Å². The molecule has 2 aliphatic rings. The summed E-state index contributed by atoms with van der Waals surface area (Å²) in [5.41, 5.74) is 1.94. The van der Waals surface area contributed by atoms with Crippen LogP contribution < -0.4 is 10.1 Å². The number of carbonyl (C=O) groups excluding carboxylic acids is 1. The van der Waals surface area contributed by atoms with E-state index in [-0.39, 0.29) is 24.3 Å². The third-order valence-electron chi connectivity index (χ3n) is 6.57. The Morgan fingerprint density at radius 2 is 2.03 bits per heavy atom. The molecule has 2 saturated heterocycles. The number of carboxylic acid groups (broad SMARTS) is 2. The van der Waals surface area contributed by atoms with Crippen molar-refractivity contribution in [1.29, 1.82) is 0 Å². The number of pyridine rings is 1. The van der Waals surface area contributed by atoms with Gasteiger partial charge in [0.05, 0.1) is 18.9 Å². The number of fused-ring (bicyclic) bond motifs is 2. The first-order chi connectivity index (χ1) is 16.5. The second kappa shape index (κ2) is 13.3. The molecule has 2 bridgehead atoms. The van der Waals surface area contributed by atoms with Gasteiger partial charge >= 0.3 is 0 Å². The number of amides is 1. The highest BCUT2D eigenvalue weighted by Gasteiger charge is 2.58. The molecule has 0 radical (unpaired) electrons. The number of hydrogen-bond donors (Lipinski definition) is 4. The molecule has 0 unspecified atom stereocenters. The van der Waals surface area contributed by atoms with Crippen LogP contribution in [0.4, 0.5) is 0 Å². The Bertz CT molecular complexity index is 886. The molecule has 4 N–H and O–H groups in total. The Balaban J connectivity index is 0.000000618. The third kappa shape index (κ3) is 6.31. The molecule has 1 amide bonds. The molecule has 0 aromatic carbocycles. The lowest BCUT2D eigenvalue weighted by atomic mass is 9.71. The summed E-state index contributed by atoms with van der Waals surface area (Å²) in [6.45, 7) is 3.14. The van der Waals surface area contributed by atoms with E-state index in [1.807, 2.05) is 18.5 Å². The number of rotatable bonds is 8. The summed E-state index contributed by atoms with van der Waals surface area (Å²) in [4.78, 5) is 43.9. The minimum absolute atomic E-state index is 0.208. The van der Waals surface area contributed by atoms with Crippen molar-refractivity contribution >= 4 is 18.9 Å². The Morgan fingerprint density at radius 1 is 1.29 bits per heavy atom. The number of hydrogen-bond acceptors (Lipinski definition) is 7. The van der Waals surface area contributed by atoms with Crippen molar-refractivity contribution in [3.05, 3.63) is 42.1 Å². The van der Waals surface area contributed by atoms with E-state index >= 15 is 0 Å². The van der Waals surface area contributed by atoms with E-state index in [1.54, 1.807) is 13.4 Å². The maximum atomic E-state index is 13.2. The molecule has 186 valence electrons. The number of nitrogens with zero attached hydrogens (tertiary/aromatic N) is 3. The fourth-order valence-electron chi connectivity index (χ4n) is 5.07. The SMILES string of the molecule is CC[C@@]1(C(=O)NCCc2cnc[nH]2)C[C@@H]2CC[C@H]1N2Cc1ccc(OC)nc1.O=CO.O=CO. The average Bonchev–Trinajstić information content (AvgIpc) is 3.57. The first-order valence-corrected chi connectivity index (χ1v) is 11.2. The number of H-pyrrole nitrogens is 1.